The number of aromatic nitrogens is 2. The largest absolute Gasteiger partial charge is 0.351 e. The first-order valence-corrected chi connectivity index (χ1v) is 9.78. The quantitative estimate of drug-likeness (QED) is 0.698. The molecule has 0 fully saturated rings. The molecule has 2 N–H and O–H groups in total. The lowest BCUT2D eigenvalue weighted by atomic mass is 9.94. The fourth-order valence-electron chi connectivity index (χ4n) is 3.00. The van der Waals surface area contributed by atoms with Crippen LogP contribution in [0.25, 0.3) is 0 Å². The van der Waals surface area contributed by atoms with E-state index in [2.05, 4.69) is 48.3 Å². The van der Waals surface area contributed by atoms with Crippen molar-refractivity contribution in [2.45, 2.75) is 52.6 Å². The summed E-state index contributed by atoms with van der Waals surface area (Å²) in [6.07, 6.45) is 5.65. The second-order valence-electron chi connectivity index (χ2n) is 7.80. The van der Waals surface area contributed by atoms with Crippen molar-refractivity contribution < 1.29 is 9.59 Å². The number of hydrogen-bond acceptors (Lipinski definition) is 4. The van der Waals surface area contributed by atoms with Gasteiger partial charge in [-0.05, 0) is 23.8 Å². The Labute approximate surface area is 167 Å². The van der Waals surface area contributed by atoms with Crippen LogP contribution in [0.5, 0.6) is 0 Å². The van der Waals surface area contributed by atoms with Crippen LogP contribution in [0.15, 0.2) is 48.9 Å². The number of carbonyl (C=O) groups excluding carboxylic acids is 2. The molecule has 2 atom stereocenters. The van der Waals surface area contributed by atoms with Gasteiger partial charge in [0.1, 0.15) is 11.7 Å². The predicted octanol–water partition coefficient (Wildman–Crippen LogP) is 3.00. The van der Waals surface area contributed by atoms with Gasteiger partial charge in [-0.25, -0.2) is 4.98 Å². The molecule has 2 rings (SSSR count). The molecule has 0 aliphatic rings. The third-order valence-electron chi connectivity index (χ3n) is 4.56. The molecule has 0 aliphatic carbocycles. The van der Waals surface area contributed by atoms with E-state index in [1.54, 1.807) is 0 Å². The highest BCUT2D eigenvalue weighted by atomic mass is 16.2. The second-order valence-corrected chi connectivity index (χ2v) is 7.80. The van der Waals surface area contributed by atoms with Crippen molar-refractivity contribution in [3.8, 4) is 0 Å². The number of rotatable bonds is 9. The Bertz CT molecular complexity index is 748. The van der Waals surface area contributed by atoms with E-state index < -0.39 is 11.9 Å². The maximum Gasteiger partial charge on any atom is 0.272 e. The third-order valence-corrected chi connectivity index (χ3v) is 4.56. The molecular weight excluding hydrogens is 352 g/mol. The number of nitrogens with one attached hydrogen (secondary N) is 2. The minimum Gasteiger partial charge on any atom is -0.351 e. The zero-order valence-corrected chi connectivity index (χ0v) is 17.1. The molecule has 0 spiro atoms. The maximum atomic E-state index is 13.0. The van der Waals surface area contributed by atoms with Gasteiger partial charge in [-0.3, -0.25) is 14.6 Å². The van der Waals surface area contributed by atoms with E-state index in [1.165, 1.54) is 18.6 Å². The van der Waals surface area contributed by atoms with Crippen LogP contribution in [0.2, 0.25) is 0 Å². The summed E-state index contributed by atoms with van der Waals surface area (Å²) in [5.74, 6) is 0.184. The van der Waals surface area contributed by atoms with Crippen molar-refractivity contribution in [3.05, 3.63) is 60.2 Å². The van der Waals surface area contributed by atoms with Gasteiger partial charge in [-0.1, -0.05) is 58.0 Å². The Hall–Kier alpha value is -2.76. The van der Waals surface area contributed by atoms with E-state index in [4.69, 9.17) is 0 Å². The van der Waals surface area contributed by atoms with Crippen LogP contribution in [0, 0.1) is 11.8 Å². The molecule has 0 saturated heterocycles. The topological polar surface area (TPSA) is 84.0 Å². The third kappa shape index (κ3) is 6.76. The van der Waals surface area contributed by atoms with Gasteiger partial charge < -0.3 is 10.6 Å². The molecule has 6 heteroatoms. The van der Waals surface area contributed by atoms with Crippen LogP contribution in [-0.2, 0) is 11.2 Å². The average Bonchev–Trinajstić information content (AvgIpc) is 2.68. The number of nitrogens with zero attached hydrogens (tertiary/aromatic N) is 2. The summed E-state index contributed by atoms with van der Waals surface area (Å²) < 4.78 is 0. The summed E-state index contributed by atoms with van der Waals surface area (Å²) in [6, 6.07) is 9.03. The van der Waals surface area contributed by atoms with E-state index in [0.717, 1.165) is 12.0 Å². The van der Waals surface area contributed by atoms with Crippen molar-refractivity contribution in [2.24, 2.45) is 11.8 Å². The molecule has 6 nitrogen and oxygen atoms in total. The van der Waals surface area contributed by atoms with E-state index in [9.17, 15) is 9.59 Å². The monoisotopic (exact) mass is 382 g/mol. The SMILES string of the molecule is CC(C)C[C@H](NC(=O)[C@H](Cc1ccccc1)NC(=O)c1cnccn1)C(C)C. The number of hydrogen-bond donors (Lipinski definition) is 2. The van der Waals surface area contributed by atoms with E-state index in [0.29, 0.717) is 18.3 Å². The Balaban J connectivity index is 2.16. The first kappa shape index (κ1) is 21.5. The Morgan fingerprint density at radius 2 is 1.71 bits per heavy atom. The highest BCUT2D eigenvalue weighted by Gasteiger charge is 2.26. The first-order chi connectivity index (χ1) is 13.4. The van der Waals surface area contributed by atoms with Gasteiger partial charge in [0.2, 0.25) is 5.91 Å². The zero-order valence-electron chi connectivity index (χ0n) is 17.1. The molecule has 0 bridgehead atoms. The van der Waals surface area contributed by atoms with Gasteiger partial charge in [-0.15, -0.1) is 0 Å². The zero-order chi connectivity index (χ0) is 20.5. The van der Waals surface area contributed by atoms with E-state index >= 15 is 0 Å². The maximum absolute atomic E-state index is 13.0. The van der Waals surface area contributed by atoms with Gasteiger partial charge in [0.05, 0.1) is 6.20 Å². The molecule has 1 heterocycles. The Kier molecular flexibility index (Phi) is 8.11. The van der Waals surface area contributed by atoms with Crippen LogP contribution in [0.1, 0.15) is 50.2 Å². The van der Waals surface area contributed by atoms with Gasteiger partial charge in [-0.2, -0.15) is 0 Å². The first-order valence-electron chi connectivity index (χ1n) is 9.78. The number of benzene rings is 1. The highest BCUT2D eigenvalue weighted by molar-refractivity contribution is 5.96. The predicted molar refractivity (Wildman–Crippen MR) is 110 cm³/mol. The summed E-state index contributed by atoms with van der Waals surface area (Å²) in [5, 5.41) is 5.96. The standard InChI is InChI=1S/C22H30N4O2/c1-15(2)12-18(16(3)4)25-21(27)19(13-17-8-6-5-7-9-17)26-22(28)20-14-23-10-11-24-20/h5-11,14-16,18-19H,12-13H2,1-4H3,(H,25,27)(H,26,28)/t18-,19-/m0/s1. The van der Waals surface area contributed by atoms with E-state index in [1.807, 2.05) is 30.3 Å². The minimum absolute atomic E-state index is 0.0548. The molecule has 150 valence electrons. The summed E-state index contributed by atoms with van der Waals surface area (Å²) in [6.45, 7) is 8.47. The lowest BCUT2D eigenvalue weighted by Gasteiger charge is -2.27. The lowest BCUT2D eigenvalue weighted by molar-refractivity contribution is -0.124. The van der Waals surface area contributed by atoms with Gasteiger partial charge >= 0.3 is 0 Å². The molecule has 2 amide bonds. The molecular formula is C22H30N4O2. The van der Waals surface area contributed by atoms with Crippen LogP contribution < -0.4 is 10.6 Å². The lowest BCUT2D eigenvalue weighted by Crippen LogP contribution is -2.52. The van der Waals surface area contributed by atoms with Crippen LogP contribution in [0.3, 0.4) is 0 Å². The van der Waals surface area contributed by atoms with Crippen molar-refractivity contribution in [2.75, 3.05) is 0 Å². The molecule has 1 aromatic carbocycles. The molecule has 0 unspecified atom stereocenters. The molecule has 0 saturated carbocycles. The normalized spacial score (nSPS) is 13.2. The summed E-state index contributed by atoms with van der Waals surface area (Å²) in [4.78, 5) is 33.5. The average molecular weight is 383 g/mol. The van der Waals surface area contributed by atoms with Crippen LogP contribution in [0.4, 0.5) is 0 Å². The van der Waals surface area contributed by atoms with Gasteiger partial charge in [0.25, 0.3) is 5.91 Å². The van der Waals surface area contributed by atoms with Crippen LogP contribution >= 0.6 is 0 Å². The summed E-state index contributed by atoms with van der Waals surface area (Å²) >= 11 is 0. The van der Waals surface area contributed by atoms with Gasteiger partial charge in [0, 0.05) is 24.9 Å². The Morgan fingerprint density at radius 3 is 2.29 bits per heavy atom. The smallest absolute Gasteiger partial charge is 0.272 e. The highest BCUT2D eigenvalue weighted by Crippen LogP contribution is 2.13. The van der Waals surface area contributed by atoms with Gasteiger partial charge in [0.15, 0.2) is 0 Å². The van der Waals surface area contributed by atoms with Crippen LogP contribution in [-0.4, -0.2) is 33.9 Å². The molecule has 0 aliphatic heterocycles. The molecule has 0 radical (unpaired) electrons. The van der Waals surface area contributed by atoms with Crippen molar-refractivity contribution in [1.82, 2.24) is 20.6 Å². The summed E-state index contributed by atoms with van der Waals surface area (Å²) in [7, 11) is 0. The van der Waals surface area contributed by atoms with Crippen molar-refractivity contribution in [3.63, 3.8) is 0 Å². The molecule has 28 heavy (non-hydrogen) atoms. The minimum atomic E-state index is -0.690. The fourth-order valence-corrected chi connectivity index (χ4v) is 3.00. The van der Waals surface area contributed by atoms with E-state index in [-0.39, 0.29) is 17.6 Å². The number of amides is 2. The van der Waals surface area contributed by atoms with Crippen molar-refractivity contribution >= 4 is 11.8 Å². The fraction of sp³-hybridized carbons (Fsp3) is 0.455. The summed E-state index contributed by atoms with van der Waals surface area (Å²) in [5.41, 5.74) is 1.17. The number of carbonyl (C=O) groups is 2. The van der Waals surface area contributed by atoms with Crippen molar-refractivity contribution in [1.29, 1.82) is 0 Å². The second kappa shape index (κ2) is 10.5. The molecule has 2 aromatic rings. The molecule has 1 aromatic heterocycles. The Morgan fingerprint density at radius 1 is 1.00 bits per heavy atom.